The van der Waals surface area contributed by atoms with E-state index < -0.39 is 0 Å². The van der Waals surface area contributed by atoms with E-state index in [1.165, 1.54) is 10.9 Å². The highest BCUT2D eigenvalue weighted by molar-refractivity contribution is 5.83. The molecule has 0 unspecified atom stereocenters. The molecular formula is C17H15N3. The van der Waals surface area contributed by atoms with E-state index in [0.29, 0.717) is 6.42 Å². The van der Waals surface area contributed by atoms with Gasteiger partial charge in [-0.3, -0.25) is 0 Å². The maximum Gasteiger partial charge on any atom is 0.0669 e. The minimum Gasteiger partial charge on any atom is -0.381 e. The van der Waals surface area contributed by atoms with Gasteiger partial charge in [-0.25, -0.2) is 0 Å². The molecule has 0 spiro atoms. The van der Waals surface area contributed by atoms with Crippen LogP contribution in [0.25, 0.3) is 10.9 Å². The van der Waals surface area contributed by atoms with Gasteiger partial charge in [-0.05, 0) is 29.3 Å². The first-order valence-corrected chi connectivity index (χ1v) is 6.61. The lowest BCUT2D eigenvalue weighted by molar-refractivity contribution is 1.16. The molecule has 3 aromatic rings. The van der Waals surface area contributed by atoms with Gasteiger partial charge in [0.2, 0.25) is 0 Å². The summed E-state index contributed by atoms with van der Waals surface area (Å²) in [7, 11) is 0. The zero-order valence-electron chi connectivity index (χ0n) is 11.1. The number of aromatic amines is 1. The van der Waals surface area contributed by atoms with Crippen molar-refractivity contribution < 1.29 is 0 Å². The molecule has 0 atom stereocenters. The van der Waals surface area contributed by atoms with Crippen LogP contribution in [0.1, 0.15) is 11.1 Å². The molecule has 0 aliphatic heterocycles. The number of anilines is 1. The van der Waals surface area contributed by atoms with Crippen LogP contribution in [-0.4, -0.2) is 4.98 Å². The van der Waals surface area contributed by atoms with E-state index in [9.17, 15) is 0 Å². The molecule has 1 aromatic heterocycles. The molecule has 2 aromatic carbocycles. The second-order valence-corrected chi connectivity index (χ2v) is 4.74. The highest BCUT2D eigenvalue weighted by Gasteiger charge is 2.02. The van der Waals surface area contributed by atoms with E-state index in [2.05, 4.69) is 34.6 Å². The fourth-order valence-corrected chi connectivity index (χ4v) is 2.31. The minimum atomic E-state index is 0.461. The molecule has 0 bridgehead atoms. The molecule has 1 heterocycles. The van der Waals surface area contributed by atoms with Crippen molar-refractivity contribution in [3.05, 3.63) is 65.9 Å². The smallest absolute Gasteiger partial charge is 0.0669 e. The first kappa shape index (κ1) is 12.3. The maximum absolute atomic E-state index is 8.65. The largest absolute Gasteiger partial charge is 0.381 e. The number of H-pyrrole nitrogens is 1. The summed E-state index contributed by atoms with van der Waals surface area (Å²) in [5.41, 5.74) is 4.53. The van der Waals surface area contributed by atoms with Gasteiger partial charge in [0.25, 0.3) is 0 Å². The predicted octanol–water partition coefficient (Wildman–Crippen LogP) is 3.85. The number of aromatic nitrogens is 1. The third-order valence-corrected chi connectivity index (χ3v) is 3.39. The summed E-state index contributed by atoms with van der Waals surface area (Å²) in [6.07, 6.45) is 2.50. The molecule has 0 aliphatic carbocycles. The molecule has 0 aliphatic rings. The summed E-state index contributed by atoms with van der Waals surface area (Å²) in [5, 5.41) is 13.3. The normalized spacial score (nSPS) is 10.3. The number of nitriles is 1. The van der Waals surface area contributed by atoms with E-state index in [1.807, 2.05) is 36.5 Å². The number of nitrogens with one attached hydrogen (secondary N) is 2. The third kappa shape index (κ3) is 2.50. The number of rotatable bonds is 4. The van der Waals surface area contributed by atoms with E-state index >= 15 is 0 Å². The highest BCUT2D eigenvalue weighted by Crippen LogP contribution is 2.19. The molecule has 3 nitrogen and oxygen atoms in total. The van der Waals surface area contributed by atoms with Crippen LogP contribution < -0.4 is 5.32 Å². The van der Waals surface area contributed by atoms with Crippen LogP contribution >= 0.6 is 0 Å². The number of nitrogens with zero attached hydrogens (tertiary/aromatic N) is 1. The Labute approximate surface area is 117 Å². The van der Waals surface area contributed by atoms with Gasteiger partial charge in [0.1, 0.15) is 0 Å². The van der Waals surface area contributed by atoms with Gasteiger partial charge in [-0.1, -0.05) is 30.3 Å². The quantitative estimate of drug-likeness (QED) is 0.749. The number of hydrogen-bond donors (Lipinski definition) is 2. The SMILES string of the molecule is N#CCc1ccc(NCc2c[nH]c3ccccc23)cc1. The van der Waals surface area contributed by atoms with Crippen molar-refractivity contribution in [3.63, 3.8) is 0 Å². The van der Waals surface area contributed by atoms with Crippen LogP contribution in [0.4, 0.5) is 5.69 Å². The zero-order valence-corrected chi connectivity index (χ0v) is 11.1. The molecule has 98 valence electrons. The average Bonchev–Trinajstić information content (AvgIpc) is 2.90. The lowest BCUT2D eigenvalue weighted by Gasteiger charge is -2.06. The summed E-state index contributed by atoms with van der Waals surface area (Å²) in [6, 6.07) is 18.4. The lowest BCUT2D eigenvalue weighted by Crippen LogP contribution is -1.98. The molecule has 3 rings (SSSR count). The Kier molecular flexibility index (Phi) is 3.38. The summed E-state index contributed by atoms with van der Waals surface area (Å²) < 4.78 is 0. The van der Waals surface area contributed by atoms with E-state index in [0.717, 1.165) is 23.3 Å². The number of benzene rings is 2. The minimum absolute atomic E-state index is 0.461. The van der Waals surface area contributed by atoms with Crippen LogP contribution in [0.3, 0.4) is 0 Å². The Balaban J connectivity index is 1.71. The molecule has 0 fully saturated rings. The van der Waals surface area contributed by atoms with Gasteiger partial charge in [-0.2, -0.15) is 5.26 Å². The number of hydrogen-bond acceptors (Lipinski definition) is 2. The van der Waals surface area contributed by atoms with Crippen LogP contribution in [0, 0.1) is 11.3 Å². The standard InChI is InChI=1S/C17H15N3/c18-10-9-13-5-7-15(8-6-13)19-11-14-12-20-17-4-2-1-3-16(14)17/h1-8,12,19-20H,9,11H2. The van der Waals surface area contributed by atoms with Crippen LogP contribution in [0.5, 0.6) is 0 Å². The highest BCUT2D eigenvalue weighted by atomic mass is 14.9. The Morgan fingerprint density at radius 2 is 1.85 bits per heavy atom. The van der Waals surface area contributed by atoms with Gasteiger partial charge >= 0.3 is 0 Å². The number of para-hydroxylation sites is 1. The monoisotopic (exact) mass is 261 g/mol. The van der Waals surface area contributed by atoms with Gasteiger partial charge in [0.15, 0.2) is 0 Å². The van der Waals surface area contributed by atoms with Crippen molar-refractivity contribution >= 4 is 16.6 Å². The molecular weight excluding hydrogens is 246 g/mol. The van der Waals surface area contributed by atoms with Crippen LogP contribution in [0.15, 0.2) is 54.7 Å². The fourth-order valence-electron chi connectivity index (χ4n) is 2.31. The van der Waals surface area contributed by atoms with E-state index in [1.54, 1.807) is 0 Å². The Hall–Kier alpha value is -2.73. The molecule has 0 amide bonds. The van der Waals surface area contributed by atoms with Crippen LogP contribution in [0.2, 0.25) is 0 Å². The summed E-state index contributed by atoms with van der Waals surface area (Å²) in [4.78, 5) is 3.27. The van der Waals surface area contributed by atoms with Gasteiger partial charge in [0, 0.05) is 29.3 Å². The first-order chi connectivity index (χ1) is 9.86. The van der Waals surface area contributed by atoms with Gasteiger partial charge < -0.3 is 10.3 Å². The fraction of sp³-hybridized carbons (Fsp3) is 0.118. The van der Waals surface area contributed by atoms with Crippen LogP contribution in [-0.2, 0) is 13.0 Å². The molecule has 0 saturated heterocycles. The topological polar surface area (TPSA) is 51.6 Å². The molecule has 0 saturated carbocycles. The molecule has 2 N–H and O–H groups in total. The lowest BCUT2D eigenvalue weighted by atomic mass is 10.1. The molecule has 20 heavy (non-hydrogen) atoms. The second-order valence-electron chi connectivity index (χ2n) is 4.74. The Morgan fingerprint density at radius 3 is 2.65 bits per heavy atom. The Morgan fingerprint density at radius 1 is 1.05 bits per heavy atom. The third-order valence-electron chi connectivity index (χ3n) is 3.39. The maximum atomic E-state index is 8.65. The van der Waals surface area contributed by atoms with Gasteiger partial charge in [0.05, 0.1) is 12.5 Å². The van der Waals surface area contributed by atoms with E-state index in [-0.39, 0.29) is 0 Å². The average molecular weight is 261 g/mol. The number of fused-ring (bicyclic) bond motifs is 1. The molecule has 3 heteroatoms. The first-order valence-electron chi connectivity index (χ1n) is 6.61. The second kappa shape index (κ2) is 5.50. The van der Waals surface area contributed by atoms with Crippen molar-refractivity contribution in [2.45, 2.75) is 13.0 Å². The van der Waals surface area contributed by atoms with Crippen molar-refractivity contribution in [1.29, 1.82) is 5.26 Å². The summed E-state index contributed by atoms with van der Waals surface area (Å²) >= 11 is 0. The molecule has 0 radical (unpaired) electrons. The van der Waals surface area contributed by atoms with Crippen molar-refractivity contribution in [2.75, 3.05) is 5.32 Å². The van der Waals surface area contributed by atoms with E-state index in [4.69, 9.17) is 5.26 Å². The summed E-state index contributed by atoms with van der Waals surface area (Å²) in [6.45, 7) is 0.779. The van der Waals surface area contributed by atoms with Crippen molar-refractivity contribution in [2.24, 2.45) is 0 Å². The van der Waals surface area contributed by atoms with Crippen molar-refractivity contribution in [3.8, 4) is 6.07 Å². The predicted molar refractivity (Wildman–Crippen MR) is 81.4 cm³/mol. The Bertz CT molecular complexity index is 748. The zero-order chi connectivity index (χ0) is 13.8. The summed E-state index contributed by atoms with van der Waals surface area (Å²) in [5.74, 6) is 0. The van der Waals surface area contributed by atoms with Gasteiger partial charge in [-0.15, -0.1) is 0 Å². The van der Waals surface area contributed by atoms with Crippen molar-refractivity contribution in [1.82, 2.24) is 4.98 Å².